The van der Waals surface area contributed by atoms with Crippen LogP contribution in [0.3, 0.4) is 0 Å². The number of hydrazone groups is 1. The first-order valence-corrected chi connectivity index (χ1v) is 12.9. The predicted octanol–water partition coefficient (Wildman–Crippen LogP) is 5.41. The molecule has 1 atom stereocenters. The van der Waals surface area contributed by atoms with E-state index in [1.807, 2.05) is 54.6 Å². The zero-order valence-corrected chi connectivity index (χ0v) is 20.1. The van der Waals surface area contributed by atoms with Gasteiger partial charge < -0.3 is 4.74 Å². The van der Waals surface area contributed by atoms with Gasteiger partial charge in [-0.1, -0.05) is 48.5 Å². The zero-order valence-electron chi connectivity index (χ0n) is 19.3. The average molecular weight is 502 g/mol. The molecule has 0 spiro atoms. The smallest absolute Gasteiger partial charge is 0.238 e. The van der Waals surface area contributed by atoms with Crippen molar-refractivity contribution in [1.29, 1.82) is 0 Å². The Labute approximate surface area is 209 Å². The van der Waals surface area contributed by atoms with Gasteiger partial charge in [-0.2, -0.15) is 5.10 Å². The maximum atomic E-state index is 14.8. The third-order valence-electron chi connectivity index (χ3n) is 6.04. The topological polar surface area (TPSA) is 85.0 Å². The lowest BCUT2D eigenvalue weighted by Gasteiger charge is -2.24. The molecule has 0 bridgehead atoms. The second kappa shape index (κ2) is 9.93. The third kappa shape index (κ3) is 5.15. The zero-order chi connectivity index (χ0) is 25.1. The van der Waals surface area contributed by atoms with Crippen LogP contribution in [0.2, 0.25) is 0 Å². The summed E-state index contributed by atoms with van der Waals surface area (Å²) in [5.41, 5.74) is 3.90. The summed E-state index contributed by atoms with van der Waals surface area (Å²) in [4.78, 5) is 0.00295. The van der Waals surface area contributed by atoms with Crippen LogP contribution in [0.5, 0.6) is 5.75 Å². The molecular weight excluding hydrogens is 477 g/mol. The highest BCUT2D eigenvalue weighted by molar-refractivity contribution is 7.89. The molecule has 0 saturated carbocycles. The van der Waals surface area contributed by atoms with Crippen molar-refractivity contribution in [2.75, 3.05) is 5.01 Å². The molecule has 1 unspecified atom stereocenters. The number of ether oxygens (including phenoxy) is 1. The van der Waals surface area contributed by atoms with E-state index in [4.69, 9.17) is 15.0 Å². The van der Waals surface area contributed by atoms with Crippen LogP contribution in [0, 0.1) is 5.82 Å². The number of benzene rings is 4. The molecule has 5 rings (SSSR count). The van der Waals surface area contributed by atoms with E-state index in [2.05, 4.69) is 0 Å². The lowest BCUT2D eigenvalue weighted by atomic mass is 9.97. The van der Waals surface area contributed by atoms with E-state index in [0.29, 0.717) is 24.3 Å². The Hall–Kier alpha value is -4.01. The minimum absolute atomic E-state index is 0.00295. The van der Waals surface area contributed by atoms with Gasteiger partial charge in [0.2, 0.25) is 10.0 Å². The Morgan fingerprint density at radius 2 is 1.56 bits per heavy atom. The summed E-state index contributed by atoms with van der Waals surface area (Å²) < 4.78 is 44.0. The fraction of sp³-hybridized carbons (Fsp3) is 0.107. The molecule has 182 valence electrons. The van der Waals surface area contributed by atoms with Gasteiger partial charge >= 0.3 is 0 Å². The minimum Gasteiger partial charge on any atom is -0.489 e. The highest BCUT2D eigenvalue weighted by Crippen LogP contribution is 2.38. The summed E-state index contributed by atoms with van der Waals surface area (Å²) in [7, 11) is -3.82. The summed E-state index contributed by atoms with van der Waals surface area (Å²) in [6.45, 7) is 0.471. The molecule has 0 radical (unpaired) electrons. The number of hydrogen-bond donors (Lipinski definition) is 1. The number of halogens is 1. The molecule has 1 heterocycles. The molecule has 8 heteroatoms. The second-order valence-corrected chi connectivity index (χ2v) is 10.0. The van der Waals surface area contributed by atoms with Crippen LogP contribution < -0.4 is 14.9 Å². The van der Waals surface area contributed by atoms with Gasteiger partial charge in [-0.25, -0.2) is 17.9 Å². The average Bonchev–Trinajstić information content (AvgIpc) is 3.33. The Morgan fingerprint density at radius 3 is 2.22 bits per heavy atom. The van der Waals surface area contributed by atoms with Gasteiger partial charge in [-0.05, 0) is 65.7 Å². The van der Waals surface area contributed by atoms with Crippen molar-refractivity contribution < 1.29 is 17.5 Å². The number of sulfonamides is 1. The van der Waals surface area contributed by atoms with Crippen molar-refractivity contribution in [3.8, 4) is 5.75 Å². The Balaban J connectivity index is 1.42. The fourth-order valence-electron chi connectivity index (χ4n) is 4.18. The van der Waals surface area contributed by atoms with Gasteiger partial charge in [0.15, 0.2) is 0 Å². The van der Waals surface area contributed by atoms with Gasteiger partial charge in [0.1, 0.15) is 18.2 Å². The molecule has 0 aliphatic carbocycles. The first kappa shape index (κ1) is 23.7. The summed E-state index contributed by atoms with van der Waals surface area (Å²) >= 11 is 0. The monoisotopic (exact) mass is 501 g/mol. The van der Waals surface area contributed by atoms with Crippen molar-refractivity contribution in [3.05, 3.63) is 126 Å². The Kier molecular flexibility index (Phi) is 6.54. The van der Waals surface area contributed by atoms with Crippen LogP contribution in [0.15, 0.2) is 113 Å². The van der Waals surface area contributed by atoms with E-state index in [-0.39, 0.29) is 10.7 Å². The normalized spacial score (nSPS) is 15.6. The van der Waals surface area contributed by atoms with E-state index in [9.17, 15) is 12.8 Å². The highest BCUT2D eigenvalue weighted by atomic mass is 32.2. The molecule has 6 nitrogen and oxygen atoms in total. The number of rotatable bonds is 7. The van der Waals surface area contributed by atoms with Crippen molar-refractivity contribution in [2.24, 2.45) is 10.2 Å². The molecular formula is C28H24FN3O3S. The van der Waals surface area contributed by atoms with E-state index < -0.39 is 16.1 Å². The molecule has 0 saturated heterocycles. The van der Waals surface area contributed by atoms with Gasteiger partial charge in [-0.15, -0.1) is 0 Å². The summed E-state index contributed by atoms with van der Waals surface area (Å²) in [5, 5.41) is 11.8. The van der Waals surface area contributed by atoms with Crippen molar-refractivity contribution in [1.82, 2.24) is 0 Å². The number of nitrogens with two attached hydrogens (primary N) is 1. The molecule has 4 aromatic carbocycles. The molecule has 0 aromatic heterocycles. The van der Waals surface area contributed by atoms with Crippen LogP contribution in [0.4, 0.5) is 10.1 Å². The molecule has 0 fully saturated rings. The predicted molar refractivity (Wildman–Crippen MR) is 138 cm³/mol. The van der Waals surface area contributed by atoms with Gasteiger partial charge in [0, 0.05) is 12.0 Å². The van der Waals surface area contributed by atoms with Gasteiger partial charge in [0.05, 0.1) is 22.3 Å². The largest absolute Gasteiger partial charge is 0.489 e. The maximum Gasteiger partial charge on any atom is 0.238 e. The first-order chi connectivity index (χ1) is 17.4. The lowest BCUT2D eigenvalue weighted by Crippen LogP contribution is -2.20. The highest BCUT2D eigenvalue weighted by Gasteiger charge is 2.31. The summed E-state index contributed by atoms with van der Waals surface area (Å²) in [5.74, 6) is 0.414. The SMILES string of the molecule is NS(=O)(=O)c1ccc(N2N=C(c3ccc(OCc4ccccc4)cc3)CC2c2ccccc2F)cc1. The van der Waals surface area contributed by atoms with Crippen LogP contribution in [0.25, 0.3) is 0 Å². The standard InChI is InChI=1S/C28H24FN3O3S/c29-26-9-5-4-8-25(26)28-18-27(31-32(28)22-12-16-24(17-13-22)36(30,33)34)21-10-14-23(15-11-21)35-19-20-6-2-1-3-7-20/h1-17,28H,18-19H2,(H2,30,33,34). The first-order valence-electron chi connectivity index (χ1n) is 11.4. The number of primary sulfonamides is 1. The van der Waals surface area contributed by atoms with Crippen molar-refractivity contribution in [2.45, 2.75) is 24.0 Å². The van der Waals surface area contributed by atoms with Crippen LogP contribution >= 0.6 is 0 Å². The lowest BCUT2D eigenvalue weighted by molar-refractivity contribution is 0.306. The van der Waals surface area contributed by atoms with E-state index in [1.54, 1.807) is 35.3 Å². The van der Waals surface area contributed by atoms with Gasteiger partial charge in [0.25, 0.3) is 0 Å². The number of anilines is 1. The van der Waals surface area contributed by atoms with Crippen LogP contribution in [0.1, 0.15) is 29.2 Å². The minimum atomic E-state index is -3.82. The van der Waals surface area contributed by atoms with Crippen molar-refractivity contribution in [3.63, 3.8) is 0 Å². The Bertz CT molecular complexity index is 1490. The molecule has 36 heavy (non-hydrogen) atoms. The van der Waals surface area contributed by atoms with Crippen LogP contribution in [-0.2, 0) is 16.6 Å². The summed E-state index contributed by atoms with van der Waals surface area (Å²) in [6.07, 6.45) is 0.474. The van der Waals surface area contributed by atoms with Crippen molar-refractivity contribution >= 4 is 21.4 Å². The Morgan fingerprint density at radius 1 is 0.889 bits per heavy atom. The van der Waals surface area contributed by atoms with E-state index in [0.717, 1.165) is 22.6 Å². The molecule has 2 N–H and O–H groups in total. The fourth-order valence-corrected chi connectivity index (χ4v) is 4.70. The molecule has 1 aliphatic rings. The molecule has 4 aromatic rings. The van der Waals surface area contributed by atoms with Gasteiger partial charge in [-0.3, -0.25) is 5.01 Å². The maximum absolute atomic E-state index is 14.8. The third-order valence-corrected chi connectivity index (χ3v) is 6.97. The van der Waals surface area contributed by atoms with E-state index in [1.165, 1.54) is 18.2 Å². The molecule has 1 aliphatic heterocycles. The number of nitrogens with zero attached hydrogens (tertiary/aromatic N) is 2. The molecule has 0 amide bonds. The quantitative estimate of drug-likeness (QED) is 0.367. The van der Waals surface area contributed by atoms with Crippen LogP contribution in [-0.4, -0.2) is 14.1 Å². The van der Waals surface area contributed by atoms with E-state index >= 15 is 0 Å². The summed E-state index contributed by atoms with van der Waals surface area (Å²) in [6, 6.07) is 29.9. The number of hydrogen-bond acceptors (Lipinski definition) is 5. The second-order valence-electron chi connectivity index (χ2n) is 8.47.